The van der Waals surface area contributed by atoms with Crippen LogP contribution in [0.1, 0.15) is 40.5 Å². The Morgan fingerprint density at radius 2 is 1.97 bits per heavy atom. The van der Waals surface area contributed by atoms with Crippen molar-refractivity contribution in [2.24, 2.45) is 0 Å². The van der Waals surface area contributed by atoms with Gasteiger partial charge in [0.25, 0.3) is 11.5 Å². The topological polar surface area (TPSA) is 96.8 Å². The Labute approximate surface area is 186 Å². The average molecular weight is 450 g/mol. The van der Waals surface area contributed by atoms with E-state index in [9.17, 15) is 18.4 Å². The average Bonchev–Trinajstić information content (AvgIpc) is 3.22. The van der Waals surface area contributed by atoms with Gasteiger partial charge in [0.1, 0.15) is 17.5 Å². The van der Waals surface area contributed by atoms with Crippen LogP contribution in [0.15, 0.2) is 53.3 Å². The molecular formula is C23H20F2N6O2. The number of aromatic nitrogens is 5. The lowest BCUT2D eigenvalue weighted by molar-refractivity contribution is 0.0699. The van der Waals surface area contributed by atoms with Crippen molar-refractivity contribution in [1.82, 2.24) is 29.9 Å². The summed E-state index contributed by atoms with van der Waals surface area (Å²) in [6.07, 6.45) is 1.35. The van der Waals surface area contributed by atoms with Gasteiger partial charge >= 0.3 is 0 Å². The molecule has 10 heteroatoms. The van der Waals surface area contributed by atoms with E-state index in [2.05, 4.69) is 20.3 Å². The molecule has 2 aromatic carbocycles. The lowest BCUT2D eigenvalue weighted by Gasteiger charge is -2.32. The van der Waals surface area contributed by atoms with Gasteiger partial charge in [-0.05, 0) is 30.5 Å². The number of fused-ring (bicyclic) bond motifs is 1. The molecule has 1 amide bonds. The van der Waals surface area contributed by atoms with Crippen molar-refractivity contribution >= 4 is 17.1 Å². The maximum absolute atomic E-state index is 14.1. The standard InChI is InChI=1S/C23H20F2N6O2/c24-16-8-9-17(18(25)11-16)23(33)30-10-4-7-15(13-30)20-26-21-19(22(32)27-20)28-29-31(21)12-14-5-2-1-3-6-14/h1-3,5-6,8-9,11,15H,4,7,10,12-13H2,(H,26,27,32)/t15-/m1/s1. The van der Waals surface area contributed by atoms with Crippen LogP contribution < -0.4 is 5.56 Å². The monoisotopic (exact) mass is 450 g/mol. The number of carbonyl (C=O) groups is 1. The summed E-state index contributed by atoms with van der Waals surface area (Å²) in [5.41, 5.74) is 0.919. The quantitative estimate of drug-likeness (QED) is 0.516. The number of H-pyrrole nitrogens is 1. The van der Waals surface area contributed by atoms with Gasteiger partial charge in [-0.2, -0.15) is 0 Å². The zero-order valence-corrected chi connectivity index (χ0v) is 17.5. The first-order chi connectivity index (χ1) is 16.0. The zero-order valence-electron chi connectivity index (χ0n) is 17.5. The van der Waals surface area contributed by atoms with Crippen LogP contribution in [0.4, 0.5) is 8.78 Å². The zero-order chi connectivity index (χ0) is 22.9. The van der Waals surface area contributed by atoms with Crippen LogP contribution in [0.2, 0.25) is 0 Å². The number of nitrogens with one attached hydrogen (secondary N) is 1. The van der Waals surface area contributed by atoms with Gasteiger partial charge in [-0.1, -0.05) is 35.5 Å². The van der Waals surface area contributed by atoms with E-state index in [1.807, 2.05) is 30.3 Å². The number of likely N-dealkylation sites (tertiary alicyclic amines) is 1. The Morgan fingerprint density at radius 3 is 2.76 bits per heavy atom. The van der Waals surface area contributed by atoms with Gasteiger partial charge in [0.2, 0.25) is 0 Å². The highest BCUT2D eigenvalue weighted by molar-refractivity contribution is 5.94. The van der Waals surface area contributed by atoms with E-state index >= 15 is 0 Å². The van der Waals surface area contributed by atoms with Crippen molar-refractivity contribution in [3.63, 3.8) is 0 Å². The van der Waals surface area contributed by atoms with Gasteiger partial charge in [0.05, 0.1) is 12.1 Å². The van der Waals surface area contributed by atoms with Gasteiger partial charge in [-0.3, -0.25) is 9.59 Å². The predicted octanol–water partition coefficient (Wildman–Crippen LogP) is 2.86. The molecule has 3 heterocycles. The van der Waals surface area contributed by atoms with E-state index in [-0.39, 0.29) is 23.5 Å². The summed E-state index contributed by atoms with van der Waals surface area (Å²) in [5, 5.41) is 8.05. The van der Waals surface area contributed by atoms with Crippen molar-refractivity contribution in [3.8, 4) is 0 Å². The molecule has 5 rings (SSSR count). The number of rotatable bonds is 4. The van der Waals surface area contributed by atoms with E-state index < -0.39 is 23.1 Å². The van der Waals surface area contributed by atoms with E-state index in [0.29, 0.717) is 43.5 Å². The van der Waals surface area contributed by atoms with Crippen LogP contribution in [0.25, 0.3) is 11.2 Å². The molecule has 0 radical (unpaired) electrons. The number of benzene rings is 2. The largest absolute Gasteiger partial charge is 0.338 e. The third kappa shape index (κ3) is 4.11. The Bertz CT molecular complexity index is 1380. The molecule has 0 aliphatic carbocycles. The van der Waals surface area contributed by atoms with Crippen LogP contribution in [-0.2, 0) is 6.54 Å². The summed E-state index contributed by atoms with van der Waals surface area (Å²) in [4.78, 5) is 34.4. The second-order valence-corrected chi connectivity index (χ2v) is 8.07. The summed E-state index contributed by atoms with van der Waals surface area (Å²) < 4.78 is 28.9. The second kappa shape index (κ2) is 8.53. The van der Waals surface area contributed by atoms with Crippen molar-refractivity contribution in [1.29, 1.82) is 0 Å². The molecule has 168 valence electrons. The smallest absolute Gasteiger partial charge is 0.281 e. The third-order valence-electron chi connectivity index (χ3n) is 5.82. The van der Waals surface area contributed by atoms with Crippen LogP contribution in [0.3, 0.4) is 0 Å². The lowest BCUT2D eigenvalue weighted by atomic mass is 9.96. The molecule has 2 aromatic heterocycles. The van der Waals surface area contributed by atoms with Gasteiger partial charge in [0.15, 0.2) is 11.2 Å². The summed E-state index contributed by atoms with van der Waals surface area (Å²) >= 11 is 0. The Hall–Kier alpha value is -3.95. The molecule has 1 atom stereocenters. The highest BCUT2D eigenvalue weighted by atomic mass is 19.1. The van der Waals surface area contributed by atoms with Gasteiger partial charge in [0, 0.05) is 25.1 Å². The van der Waals surface area contributed by atoms with Crippen molar-refractivity contribution in [3.05, 3.63) is 87.5 Å². The van der Waals surface area contributed by atoms with Gasteiger partial charge in [-0.25, -0.2) is 18.4 Å². The molecule has 8 nitrogen and oxygen atoms in total. The van der Waals surface area contributed by atoms with Crippen molar-refractivity contribution in [2.45, 2.75) is 25.3 Å². The fourth-order valence-corrected chi connectivity index (χ4v) is 4.16. The minimum absolute atomic E-state index is 0.145. The molecule has 4 aromatic rings. The van der Waals surface area contributed by atoms with Crippen LogP contribution in [0.5, 0.6) is 0 Å². The number of amides is 1. The van der Waals surface area contributed by atoms with Crippen LogP contribution >= 0.6 is 0 Å². The number of carbonyl (C=O) groups excluding carboxylic acids is 1. The first-order valence-corrected chi connectivity index (χ1v) is 10.6. The molecule has 0 bridgehead atoms. The van der Waals surface area contributed by atoms with E-state index in [1.54, 1.807) is 4.68 Å². The second-order valence-electron chi connectivity index (χ2n) is 8.07. The third-order valence-corrected chi connectivity index (χ3v) is 5.82. The molecule has 0 saturated carbocycles. The fraction of sp³-hybridized carbons (Fsp3) is 0.261. The Balaban J connectivity index is 1.43. The molecule has 33 heavy (non-hydrogen) atoms. The number of halogens is 2. The molecule has 0 unspecified atom stereocenters. The first-order valence-electron chi connectivity index (χ1n) is 10.6. The summed E-state index contributed by atoms with van der Waals surface area (Å²) in [6.45, 7) is 1.10. The lowest BCUT2D eigenvalue weighted by Crippen LogP contribution is -2.40. The predicted molar refractivity (Wildman–Crippen MR) is 116 cm³/mol. The number of hydrogen-bond acceptors (Lipinski definition) is 5. The summed E-state index contributed by atoms with van der Waals surface area (Å²) in [7, 11) is 0. The molecular weight excluding hydrogens is 430 g/mol. The Kier molecular flexibility index (Phi) is 5.41. The molecule has 1 N–H and O–H groups in total. The minimum Gasteiger partial charge on any atom is -0.338 e. The fourth-order valence-electron chi connectivity index (χ4n) is 4.16. The minimum atomic E-state index is -0.897. The molecule has 1 saturated heterocycles. The molecule has 1 fully saturated rings. The maximum Gasteiger partial charge on any atom is 0.281 e. The van der Waals surface area contributed by atoms with E-state index in [4.69, 9.17) is 0 Å². The molecule has 0 spiro atoms. The molecule has 1 aliphatic heterocycles. The van der Waals surface area contributed by atoms with E-state index in [0.717, 1.165) is 17.7 Å². The van der Waals surface area contributed by atoms with Crippen LogP contribution in [-0.4, -0.2) is 48.9 Å². The normalized spacial score (nSPS) is 16.3. The van der Waals surface area contributed by atoms with Crippen molar-refractivity contribution < 1.29 is 13.6 Å². The maximum atomic E-state index is 14.1. The molecule has 1 aliphatic rings. The van der Waals surface area contributed by atoms with E-state index in [1.165, 1.54) is 4.90 Å². The first kappa shape index (κ1) is 20.9. The number of nitrogens with zero attached hydrogens (tertiary/aromatic N) is 5. The number of piperidine rings is 1. The Morgan fingerprint density at radius 1 is 1.15 bits per heavy atom. The highest BCUT2D eigenvalue weighted by Crippen LogP contribution is 2.26. The van der Waals surface area contributed by atoms with Crippen LogP contribution in [0, 0.1) is 11.6 Å². The number of aromatic amines is 1. The summed E-state index contributed by atoms with van der Waals surface area (Å²) in [6, 6.07) is 12.5. The SMILES string of the molecule is O=C(c1ccc(F)cc1F)N1CCC[C@@H](c2nc3c(nnn3Cc3ccccc3)c(=O)[nH]2)C1. The van der Waals surface area contributed by atoms with Gasteiger partial charge < -0.3 is 9.88 Å². The van der Waals surface area contributed by atoms with Crippen molar-refractivity contribution in [2.75, 3.05) is 13.1 Å². The highest BCUT2D eigenvalue weighted by Gasteiger charge is 2.29. The van der Waals surface area contributed by atoms with Gasteiger partial charge in [-0.15, -0.1) is 5.10 Å². The number of hydrogen-bond donors (Lipinski definition) is 1. The summed E-state index contributed by atoms with van der Waals surface area (Å²) in [5.74, 6) is -1.97.